The molecule has 0 bridgehead atoms. The lowest BCUT2D eigenvalue weighted by atomic mass is 10.2. The molecule has 0 amide bonds. The van der Waals surface area contributed by atoms with E-state index in [0.717, 1.165) is 0 Å². The number of halogens is 1. The van der Waals surface area contributed by atoms with Gasteiger partial charge >= 0.3 is 5.97 Å². The predicted molar refractivity (Wildman–Crippen MR) is 67.2 cm³/mol. The summed E-state index contributed by atoms with van der Waals surface area (Å²) in [6, 6.07) is 13.0. The number of aromatic nitrogens is 1. The van der Waals surface area contributed by atoms with Crippen LogP contribution in [0.15, 0.2) is 54.9 Å². The number of hydrogen-bond donors (Lipinski definition) is 1. The molecule has 1 aromatic carbocycles. The van der Waals surface area contributed by atoms with Crippen LogP contribution in [0, 0.1) is 0 Å². The molecule has 1 aromatic heterocycles. The summed E-state index contributed by atoms with van der Waals surface area (Å²) in [4.78, 5) is 13.8. The average Bonchev–Trinajstić information content (AvgIpc) is 2.41. The maximum Gasteiger partial charge on any atom is 0.337 e. The molecule has 17 heavy (non-hydrogen) atoms. The molecular weight excluding hydrogens is 238 g/mol. The van der Waals surface area contributed by atoms with Crippen LogP contribution in [0.25, 0.3) is 0 Å². The van der Waals surface area contributed by atoms with E-state index in [4.69, 9.17) is 16.7 Å². The molecule has 1 heterocycles. The summed E-state index contributed by atoms with van der Waals surface area (Å²) >= 11 is 5.53. The van der Waals surface area contributed by atoms with Crippen LogP contribution in [0.4, 0.5) is 0 Å². The molecule has 4 heteroatoms. The summed E-state index contributed by atoms with van der Waals surface area (Å²) in [6.45, 7) is 0. The summed E-state index contributed by atoms with van der Waals surface area (Å²) in [6.07, 6.45) is 2.84. The summed E-state index contributed by atoms with van der Waals surface area (Å²) in [5.41, 5.74) is 1.40. The summed E-state index contributed by atoms with van der Waals surface area (Å²) < 4.78 is 0. The number of nitrogens with zero attached hydrogens (tertiary/aromatic N) is 1. The van der Waals surface area contributed by atoms with E-state index in [1.54, 1.807) is 6.07 Å². The van der Waals surface area contributed by atoms with Crippen LogP contribution in [-0.2, 0) is 5.88 Å². The zero-order valence-corrected chi connectivity index (χ0v) is 9.84. The van der Waals surface area contributed by atoms with E-state index in [9.17, 15) is 4.79 Å². The number of rotatable bonds is 2. The van der Waals surface area contributed by atoms with E-state index < -0.39 is 5.97 Å². The lowest BCUT2D eigenvalue weighted by Crippen LogP contribution is -1.94. The number of carboxylic acid groups (broad SMARTS) is 1. The molecule has 1 N–H and O–H groups in total. The Balaban J connectivity index is 0.000000171. The molecule has 0 saturated heterocycles. The van der Waals surface area contributed by atoms with Crippen LogP contribution in [0.5, 0.6) is 0 Å². The summed E-state index contributed by atoms with van der Waals surface area (Å²) in [5, 5.41) is 8.34. The highest BCUT2D eigenvalue weighted by atomic mass is 35.5. The summed E-state index contributed by atoms with van der Waals surface area (Å²) in [5.74, 6) is -0.330. The third-order valence-corrected chi connectivity index (χ3v) is 2.21. The Bertz CT molecular complexity index is 445. The van der Waals surface area contributed by atoms with Crippen molar-refractivity contribution in [2.75, 3.05) is 0 Å². The molecule has 0 aliphatic heterocycles. The molecule has 0 unspecified atom stereocenters. The van der Waals surface area contributed by atoms with Crippen molar-refractivity contribution in [2.24, 2.45) is 0 Å². The molecule has 0 spiro atoms. The third-order valence-electron chi connectivity index (χ3n) is 1.91. The highest BCUT2D eigenvalue weighted by Crippen LogP contribution is 2.00. The van der Waals surface area contributed by atoms with Gasteiger partial charge in [-0.3, -0.25) is 4.98 Å². The van der Waals surface area contributed by atoms with E-state index in [0.29, 0.717) is 5.88 Å². The number of aromatic carboxylic acids is 1. The molecule has 0 fully saturated rings. The molecule has 0 aliphatic rings. The van der Waals surface area contributed by atoms with E-state index in [2.05, 4.69) is 4.98 Å². The van der Waals surface area contributed by atoms with Crippen LogP contribution in [0.1, 0.15) is 15.9 Å². The average molecular weight is 250 g/mol. The number of hydrogen-bond acceptors (Lipinski definition) is 2. The molecule has 0 atom stereocenters. The van der Waals surface area contributed by atoms with Crippen molar-refractivity contribution in [3.63, 3.8) is 0 Å². The predicted octanol–water partition coefficient (Wildman–Crippen LogP) is 3.21. The lowest BCUT2D eigenvalue weighted by Gasteiger charge is -1.88. The first-order chi connectivity index (χ1) is 8.24. The molecule has 2 rings (SSSR count). The van der Waals surface area contributed by atoms with Gasteiger partial charge in [-0.25, -0.2) is 4.79 Å². The van der Waals surface area contributed by atoms with Crippen molar-refractivity contribution in [3.8, 4) is 0 Å². The fraction of sp³-hybridized carbons (Fsp3) is 0.0769. The molecule has 0 saturated carbocycles. The number of carboxylic acids is 1. The lowest BCUT2D eigenvalue weighted by molar-refractivity contribution is 0.0696. The van der Waals surface area contributed by atoms with Gasteiger partial charge in [0.05, 0.1) is 5.56 Å². The number of benzene rings is 1. The standard InChI is InChI=1S/C7H7Cl.C6H5NO2/c8-6-7-4-2-1-3-5-7;8-6(9)5-2-1-3-7-4-5/h1-5H,6H2;1-4H,(H,8,9). The normalized spacial score (nSPS) is 9.00. The van der Waals surface area contributed by atoms with Gasteiger partial charge in [-0.15, -0.1) is 11.6 Å². The second kappa shape index (κ2) is 7.41. The van der Waals surface area contributed by atoms with E-state index >= 15 is 0 Å². The van der Waals surface area contributed by atoms with Gasteiger partial charge in [0.25, 0.3) is 0 Å². The van der Waals surface area contributed by atoms with Gasteiger partial charge in [-0.05, 0) is 17.7 Å². The minimum atomic E-state index is -0.942. The van der Waals surface area contributed by atoms with Gasteiger partial charge in [0.15, 0.2) is 0 Å². The van der Waals surface area contributed by atoms with Crippen LogP contribution in [0.3, 0.4) is 0 Å². The first-order valence-electron chi connectivity index (χ1n) is 4.97. The quantitative estimate of drug-likeness (QED) is 0.832. The van der Waals surface area contributed by atoms with Crippen molar-refractivity contribution in [2.45, 2.75) is 5.88 Å². The Morgan fingerprint density at radius 3 is 2.24 bits per heavy atom. The van der Waals surface area contributed by atoms with Crippen LogP contribution in [0.2, 0.25) is 0 Å². The Morgan fingerprint density at radius 2 is 1.88 bits per heavy atom. The fourth-order valence-electron chi connectivity index (χ4n) is 1.06. The van der Waals surface area contributed by atoms with Gasteiger partial charge in [-0.2, -0.15) is 0 Å². The van der Waals surface area contributed by atoms with Gasteiger partial charge in [0, 0.05) is 18.3 Å². The molecular formula is C13H12ClNO2. The Hall–Kier alpha value is -1.87. The zero-order chi connectivity index (χ0) is 12.5. The highest BCUT2D eigenvalue weighted by Gasteiger charge is 1.97. The zero-order valence-electron chi connectivity index (χ0n) is 9.08. The maximum atomic E-state index is 10.2. The van der Waals surface area contributed by atoms with Crippen molar-refractivity contribution in [1.82, 2.24) is 4.98 Å². The van der Waals surface area contributed by atoms with Crippen molar-refractivity contribution in [1.29, 1.82) is 0 Å². The highest BCUT2D eigenvalue weighted by molar-refractivity contribution is 6.17. The van der Waals surface area contributed by atoms with Gasteiger partial charge < -0.3 is 5.11 Å². The maximum absolute atomic E-state index is 10.2. The number of alkyl halides is 1. The minimum absolute atomic E-state index is 0.220. The molecule has 88 valence electrons. The van der Waals surface area contributed by atoms with Crippen LogP contribution in [-0.4, -0.2) is 16.1 Å². The van der Waals surface area contributed by atoms with Crippen molar-refractivity contribution >= 4 is 17.6 Å². The first-order valence-corrected chi connectivity index (χ1v) is 5.50. The Kier molecular flexibility index (Phi) is 5.75. The topological polar surface area (TPSA) is 50.2 Å². The van der Waals surface area contributed by atoms with Crippen molar-refractivity contribution < 1.29 is 9.90 Å². The van der Waals surface area contributed by atoms with Crippen LogP contribution >= 0.6 is 11.6 Å². The third kappa shape index (κ3) is 5.13. The molecule has 3 nitrogen and oxygen atoms in total. The number of carbonyl (C=O) groups is 1. The smallest absolute Gasteiger partial charge is 0.337 e. The molecule has 2 aromatic rings. The van der Waals surface area contributed by atoms with Gasteiger partial charge in [0.1, 0.15) is 0 Å². The van der Waals surface area contributed by atoms with Crippen LogP contribution < -0.4 is 0 Å². The largest absolute Gasteiger partial charge is 0.478 e. The Morgan fingerprint density at radius 1 is 1.18 bits per heavy atom. The molecule has 0 aliphatic carbocycles. The van der Waals surface area contributed by atoms with E-state index in [1.807, 2.05) is 30.3 Å². The second-order valence-electron chi connectivity index (χ2n) is 3.17. The Labute approximate surface area is 105 Å². The van der Waals surface area contributed by atoms with Gasteiger partial charge in [-0.1, -0.05) is 30.3 Å². The second-order valence-corrected chi connectivity index (χ2v) is 3.43. The van der Waals surface area contributed by atoms with Gasteiger partial charge in [0.2, 0.25) is 0 Å². The number of pyridine rings is 1. The SMILES string of the molecule is ClCc1ccccc1.O=C(O)c1cccnc1. The fourth-order valence-corrected chi connectivity index (χ4v) is 1.23. The monoisotopic (exact) mass is 249 g/mol. The summed E-state index contributed by atoms with van der Waals surface area (Å²) in [7, 11) is 0. The van der Waals surface area contributed by atoms with Crippen molar-refractivity contribution in [3.05, 3.63) is 66.0 Å². The molecule has 0 radical (unpaired) electrons. The first kappa shape index (κ1) is 13.2. The van der Waals surface area contributed by atoms with E-state index in [1.165, 1.54) is 24.0 Å². The minimum Gasteiger partial charge on any atom is -0.478 e. The van der Waals surface area contributed by atoms with E-state index in [-0.39, 0.29) is 5.56 Å².